The second-order valence-electron chi connectivity index (χ2n) is 5.86. The van der Waals surface area contributed by atoms with Gasteiger partial charge in [0.2, 0.25) is 0 Å². The van der Waals surface area contributed by atoms with Crippen LogP contribution in [0.4, 0.5) is 11.4 Å². The Labute approximate surface area is 161 Å². The van der Waals surface area contributed by atoms with Gasteiger partial charge in [-0.05, 0) is 42.5 Å². The van der Waals surface area contributed by atoms with Crippen LogP contribution in [0.25, 0.3) is 0 Å². The molecule has 3 aromatic rings. The summed E-state index contributed by atoms with van der Waals surface area (Å²) in [5, 5.41) is 24.8. The summed E-state index contributed by atoms with van der Waals surface area (Å²) in [6.07, 6.45) is 0. The lowest BCUT2D eigenvalue weighted by Gasteiger charge is -2.12. The number of amides is 2. The first-order valence-corrected chi connectivity index (χ1v) is 8.36. The molecule has 28 heavy (non-hydrogen) atoms. The SMILES string of the molecule is COc1ccc(C(=O)Nc2ccccc2O)cc1C(=O)Nc1ccccc1O. The summed E-state index contributed by atoms with van der Waals surface area (Å²) in [6, 6.07) is 17.0. The first kappa shape index (κ1) is 18.8. The molecule has 3 rings (SSSR count). The van der Waals surface area contributed by atoms with Crippen molar-refractivity contribution in [2.75, 3.05) is 17.7 Å². The highest BCUT2D eigenvalue weighted by molar-refractivity contribution is 6.10. The zero-order valence-electron chi connectivity index (χ0n) is 15.0. The van der Waals surface area contributed by atoms with Gasteiger partial charge in [0.1, 0.15) is 17.2 Å². The monoisotopic (exact) mass is 378 g/mol. The molecule has 0 spiro atoms. The Balaban J connectivity index is 1.87. The predicted octanol–water partition coefficient (Wildman–Crippen LogP) is 3.61. The van der Waals surface area contributed by atoms with Gasteiger partial charge < -0.3 is 25.6 Å². The Hall–Kier alpha value is -4.00. The van der Waals surface area contributed by atoms with Crippen LogP contribution in [0.2, 0.25) is 0 Å². The van der Waals surface area contributed by atoms with Crippen LogP contribution in [0.5, 0.6) is 17.2 Å². The largest absolute Gasteiger partial charge is 0.506 e. The van der Waals surface area contributed by atoms with E-state index in [1.54, 1.807) is 36.4 Å². The van der Waals surface area contributed by atoms with Crippen molar-refractivity contribution >= 4 is 23.2 Å². The number of rotatable bonds is 5. The number of carbonyl (C=O) groups excluding carboxylic acids is 2. The van der Waals surface area contributed by atoms with E-state index in [9.17, 15) is 19.8 Å². The number of nitrogens with one attached hydrogen (secondary N) is 2. The van der Waals surface area contributed by atoms with E-state index in [0.29, 0.717) is 0 Å². The van der Waals surface area contributed by atoms with E-state index in [1.807, 2.05) is 0 Å². The van der Waals surface area contributed by atoms with Crippen molar-refractivity contribution in [3.05, 3.63) is 77.9 Å². The number of carbonyl (C=O) groups is 2. The average Bonchev–Trinajstić information content (AvgIpc) is 2.70. The Bertz CT molecular complexity index is 1030. The van der Waals surface area contributed by atoms with E-state index in [0.717, 1.165) is 0 Å². The summed E-state index contributed by atoms with van der Waals surface area (Å²) in [5.74, 6) is -0.923. The van der Waals surface area contributed by atoms with Crippen molar-refractivity contribution in [1.29, 1.82) is 0 Å². The van der Waals surface area contributed by atoms with Crippen molar-refractivity contribution in [3.63, 3.8) is 0 Å². The molecule has 0 radical (unpaired) electrons. The minimum absolute atomic E-state index is 0.0677. The van der Waals surface area contributed by atoms with E-state index in [4.69, 9.17) is 4.74 Å². The van der Waals surface area contributed by atoms with Gasteiger partial charge in [0.05, 0.1) is 24.0 Å². The van der Waals surface area contributed by atoms with Gasteiger partial charge in [-0.1, -0.05) is 24.3 Å². The third-order valence-corrected chi connectivity index (χ3v) is 4.01. The summed E-state index contributed by atoms with van der Waals surface area (Å²) in [4.78, 5) is 25.2. The fourth-order valence-electron chi connectivity index (χ4n) is 2.57. The molecule has 0 aliphatic carbocycles. The van der Waals surface area contributed by atoms with Crippen LogP contribution in [-0.4, -0.2) is 29.1 Å². The highest BCUT2D eigenvalue weighted by Gasteiger charge is 2.18. The highest BCUT2D eigenvalue weighted by Crippen LogP contribution is 2.27. The lowest BCUT2D eigenvalue weighted by molar-refractivity contribution is 0.102. The number of methoxy groups -OCH3 is 1. The normalized spacial score (nSPS) is 10.2. The van der Waals surface area contributed by atoms with Crippen LogP contribution in [0.1, 0.15) is 20.7 Å². The maximum Gasteiger partial charge on any atom is 0.259 e. The van der Waals surface area contributed by atoms with Crippen LogP contribution >= 0.6 is 0 Å². The number of hydrogen-bond donors (Lipinski definition) is 4. The van der Waals surface area contributed by atoms with Crippen LogP contribution in [0, 0.1) is 0 Å². The van der Waals surface area contributed by atoms with E-state index >= 15 is 0 Å². The van der Waals surface area contributed by atoms with Crippen molar-refractivity contribution < 1.29 is 24.5 Å². The molecule has 0 aromatic heterocycles. The molecule has 2 amide bonds. The minimum atomic E-state index is -0.546. The molecule has 0 fully saturated rings. The molecule has 0 saturated heterocycles. The molecule has 0 aliphatic heterocycles. The number of para-hydroxylation sites is 4. The van der Waals surface area contributed by atoms with Crippen LogP contribution in [-0.2, 0) is 0 Å². The topological polar surface area (TPSA) is 108 Å². The average molecular weight is 378 g/mol. The Morgan fingerprint density at radius 3 is 1.86 bits per heavy atom. The Morgan fingerprint density at radius 1 is 0.786 bits per heavy atom. The summed E-state index contributed by atoms with van der Waals surface area (Å²) in [6.45, 7) is 0. The number of ether oxygens (including phenoxy) is 1. The number of phenols is 2. The van der Waals surface area contributed by atoms with Crippen molar-refractivity contribution in [3.8, 4) is 17.2 Å². The molecule has 0 heterocycles. The van der Waals surface area contributed by atoms with Crippen molar-refractivity contribution in [1.82, 2.24) is 0 Å². The van der Waals surface area contributed by atoms with Gasteiger partial charge in [-0.25, -0.2) is 0 Å². The molecular formula is C21H18N2O5. The van der Waals surface area contributed by atoms with E-state index in [1.165, 1.54) is 37.4 Å². The molecule has 0 atom stereocenters. The summed E-state index contributed by atoms with van der Waals surface area (Å²) < 4.78 is 5.21. The third-order valence-electron chi connectivity index (χ3n) is 4.01. The molecule has 4 N–H and O–H groups in total. The molecule has 0 aliphatic rings. The molecule has 7 heteroatoms. The lowest BCUT2D eigenvalue weighted by Crippen LogP contribution is -2.16. The van der Waals surface area contributed by atoms with Crippen molar-refractivity contribution in [2.24, 2.45) is 0 Å². The molecule has 0 saturated carbocycles. The van der Waals surface area contributed by atoms with Gasteiger partial charge in [-0.2, -0.15) is 0 Å². The van der Waals surface area contributed by atoms with Gasteiger partial charge in [0.15, 0.2) is 0 Å². The molecule has 7 nitrogen and oxygen atoms in total. The van der Waals surface area contributed by atoms with Gasteiger partial charge in [0, 0.05) is 5.56 Å². The zero-order valence-corrected chi connectivity index (χ0v) is 15.0. The summed E-state index contributed by atoms with van der Waals surface area (Å²) in [7, 11) is 1.41. The van der Waals surface area contributed by atoms with Gasteiger partial charge in [-0.15, -0.1) is 0 Å². The van der Waals surface area contributed by atoms with E-state index < -0.39 is 11.8 Å². The van der Waals surface area contributed by atoms with Gasteiger partial charge in [-0.3, -0.25) is 9.59 Å². The predicted molar refractivity (Wildman–Crippen MR) is 105 cm³/mol. The van der Waals surface area contributed by atoms with Gasteiger partial charge >= 0.3 is 0 Å². The van der Waals surface area contributed by atoms with Crippen LogP contribution in [0.15, 0.2) is 66.7 Å². The molecule has 3 aromatic carbocycles. The number of aromatic hydroxyl groups is 2. The standard InChI is InChI=1S/C21H18N2O5/c1-28-19-11-10-13(20(26)22-15-6-2-4-8-17(15)24)12-14(19)21(27)23-16-7-3-5-9-18(16)25/h2-12,24-25H,1H3,(H,22,26)(H,23,27). The zero-order chi connectivity index (χ0) is 20.1. The Kier molecular flexibility index (Phi) is 5.45. The quantitative estimate of drug-likeness (QED) is 0.507. The molecular weight excluding hydrogens is 360 g/mol. The van der Waals surface area contributed by atoms with Crippen molar-refractivity contribution in [2.45, 2.75) is 0 Å². The first-order valence-electron chi connectivity index (χ1n) is 8.36. The van der Waals surface area contributed by atoms with E-state index in [-0.39, 0.29) is 39.8 Å². The molecule has 0 unspecified atom stereocenters. The molecule has 0 bridgehead atoms. The van der Waals surface area contributed by atoms with Crippen LogP contribution < -0.4 is 15.4 Å². The fourth-order valence-corrected chi connectivity index (χ4v) is 2.57. The number of phenolic OH excluding ortho intramolecular Hbond substituents is 2. The lowest BCUT2D eigenvalue weighted by atomic mass is 10.1. The first-order chi connectivity index (χ1) is 13.5. The highest BCUT2D eigenvalue weighted by atomic mass is 16.5. The second kappa shape index (κ2) is 8.13. The number of anilines is 2. The molecule has 142 valence electrons. The minimum Gasteiger partial charge on any atom is -0.506 e. The van der Waals surface area contributed by atoms with Crippen LogP contribution in [0.3, 0.4) is 0 Å². The third kappa shape index (κ3) is 4.04. The van der Waals surface area contributed by atoms with E-state index in [2.05, 4.69) is 10.6 Å². The van der Waals surface area contributed by atoms with Gasteiger partial charge in [0.25, 0.3) is 11.8 Å². The summed E-state index contributed by atoms with van der Waals surface area (Å²) in [5.41, 5.74) is 0.810. The summed E-state index contributed by atoms with van der Waals surface area (Å²) >= 11 is 0. The Morgan fingerprint density at radius 2 is 1.32 bits per heavy atom. The maximum absolute atomic E-state index is 12.7. The maximum atomic E-state index is 12.7. The number of hydrogen-bond acceptors (Lipinski definition) is 5. The second-order valence-corrected chi connectivity index (χ2v) is 5.86. The number of benzene rings is 3. The smallest absolute Gasteiger partial charge is 0.259 e. The fraction of sp³-hybridized carbons (Fsp3) is 0.0476.